The van der Waals surface area contributed by atoms with E-state index in [4.69, 9.17) is 4.98 Å². The van der Waals surface area contributed by atoms with E-state index in [1.807, 2.05) is 11.3 Å². The molecule has 0 bridgehead atoms. The molecule has 0 radical (unpaired) electrons. The molecule has 2 nitrogen and oxygen atoms in total. The molecule has 0 saturated carbocycles. The molecule has 0 spiro atoms. The summed E-state index contributed by atoms with van der Waals surface area (Å²) >= 11 is 1.89. The number of thiophene rings is 1. The van der Waals surface area contributed by atoms with Crippen LogP contribution < -0.4 is 5.32 Å². The third-order valence-electron chi connectivity index (χ3n) is 3.63. The summed E-state index contributed by atoms with van der Waals surface area (Å²) in [5, 5.41) is 3.52. The number of nitrogens with one attached hydrogen (secondary N) is 1. The van der Waals surface area contributed by atoms with Crippen molar-refractivity contribution in [2.24, 2.45) is 0 Å². The van der Waals surface area contributed by atoms with Crippen molar-refractivity contribution >= 4 is 17.2 Å². The third kappa shape index (κ3) is 2.98. The van der Waals surface area contributed by atoms with E-state index < -0.39 is 0 Å². The summed E-state index contributed by atoms with van der Waals surface area (Å²) < 4.78 is 0. The summed E-state index contributed by atoms with van der Waals surface area (Å²) in [7, 11) is 0. The van der Waals surface area contributed by atoms with E-state index in [2.05, 4.69) is 43.4 Å². The van der Waals surface area contributed by atoms with Crippen LogP contribution in [0.4, 0.5) is 5.82 Å². The molecule has 0 amide bonds. The van der Waals surface area contributed by atoms with Crippen molar-refractivity contribution in [3.8, 4) is 0 Å². The number of aromatic nitrogens is 1. The molecule has 3 rings (SSSR count). The maximum Gasteiger partial charge on any atom is 0.126 e. The number of aryl methyl sites for hydroxylation is 3. The van der Waals surface area contributed by atoms with Crippen LogP contribution in [0.1, 0.15) is 34.4 Å². The lowest BCUT2D eigenvalue weighted by molar-refractivity contribution is 0.792. The molecule has 0 saturated heterocycles. The summed E-state index contributed by atoms with van der Waals surface area (Å²) in [6.07, 6.45) is 4.67. The van der Waals surface area contributed by atoms with Crippen molar-refractivity contribution < 1.29 is 0 Å². The van der Waals surface area contributed by atoms with Crippen LogP contribution >= 0.6 is 11.3 Å². The standard InChI is InChI=1S/C16H20N2S/c1-11(10-14-8-6-12(2)19-14)17-16-9-7-13-4-3-5-15(13)18-16/h6-9,11H,3-5,10H2,1-2H3,(H,17,18). The van der Waals surface area contributed by atoms with Crippen molar-refractivity contribution in [1.29, 1.82) is 0 Å². The summed E-state index contributed by atoms with van der Waals surface area (Å²) in [5.41, 5.74) is 2.73. The summed E-state index contributed by atoms with van der Waals surface area (Å²) in [5.74, 6) is 1.03. The first-order chi connectivity index (χ1) is 9.20. The van der Waals surface area contributed by atoms with Crippen LogP contribution in [0, 0.1) is 6.92 Å². The van der Waals surface area contributed by atoms with Crippen LogP contribution in [0.3, 0.4) is 0 Å². The van der Waals surface area contributed by atoms with Gasteiger partial charge in [-0.05, 0) is 56.9 Å². The quantitative estimate of drug-likeness (QED) is 0.910. The number of anilines is 1. The fourth-order valence-corrected chi connectivity index (χ4v) is 3.72. The van der Waals surface area contributed by atoms with Gasteiger partial charge in [-0.2, -0.15) is 0 Å². The number of fused-ring (bicyclic) bond motifs is 1. The summed E-state index contributed by atoms with van der Waals surface area (Å²) in [6, 6.07) is 9.21. The topological polar surface area (TPSA) is 24.9 Å². The Labute approximate surface area is 118 Å². The first kappa shape index (κ1) is 12.7. The van der Waals surface area contributed by atoms with Gasteiger partial charge in [0.15, 0.2) is 0 Å². The zero-order valence-electron chi connectivity index (χ0n) is 11.6. The highest BCUT2D eigenvalue weighted by Crippen LogP contribution is 2.22. The van der Waals surface area contributed by atoms with Gasteiger partial charge in [-0.25, -0.2) is 4.98 Å². The first-order valence-electron chi connectivity index (χ1n) is 7.01. The van der Waals surface area contributed by atoms with Gasteiger partial charge >= 0.3 is 0 Å². The minimum Gasteiger partial charge on any atom is -0.367 e. The van der Waals surface area contributed by atoms with Crippen molar-refractivity contribution in [2.75, 3.05) is 5.32 Å². The van der Waals surface area contributed by atoms with Crippen LogP contribution in [-0.4, -0.2) is 11.0 Å². The monoisotopic (exact) mass is 272 g/mol. The Morgan fingerprint density at radius 1 is 1.26 bits per heavy atom. The number of nitrogens with zero attached hydrogens (tertiary/aromatic N) is 1. The smallest absolute Gasteiger partial charge is 0.126 e. The van der Waals surface area contributed by atoms with Crippen molar-refractivity contribution in [3.63, 3.8) is 0 Å². The molecule has 1 aliphatic rings. The van der Waals surface area contributed by atoms with E-state index in [9.17, 15) is 0 Å². The van der Waals surface area contributed by atoms with Gasteiger partial charge in [-0.1, -0.05) is 6.07 Å². The second kappa shape index (κ2) is 5.33. The lowest BCUT2D eigenvalue weighted by atomic mass is 10.2. The van der Waals surface area contributed by atoms with E-state index in [0.29, 0.717) is 6.04 Å². The average molecular weight is 272 g/mol. The molecule has 1 aliphatic carbocycles. The van der Waals surface area contributed by atoms with Gasteiger partial charge in [0.2, 0.25) is 0 Å². The van der Waals surface area contributed by atoms with Crippen LogP contribution in [0.15, 0.2) is 24.3 Å². The Morgan fingerprint density at radius 3 is 2.95 bits per heavy atom. The zero-order chi connectivity index (χ0) is 13.2. The normalized spacial score (nSPS) is 15.3. The number of pyridine rings is 1. The molecule has 1 unspecified atom stereocenters. The van der Waals surface area contributed by atoms with Crippen LogP contribution in [0.25, 0.3) is 0 Å². The molecule has 0 aromatic carbocycles. The van der Waals surface area contributed by atoms with Crippen molar-refractivity contribution in [2.45, 2.75) is 45.6 Å². The van der Waals surface area contributed by atoms with Gasteiger partial charge in [-0.15, -0.1) is 11.3 Å². The molecular formula is C16H20N2S. The molecule has 0 fully saturated rings. The SMILES string of the molecule is Cc1ccc(CC(C)Nc2ccc3c(n2)CCC3)s1. The number of rotatable bonds is 4. The van der Waals surface area contributed by atoms with E-state index in [1.54, 1.807) is 0 Å². The van der Waals surface area contributed by atoms with Gasteiger partial charge in [0.1, 0.15) is 5.82 Å². The van der Waals surface area contributed by atoms with Gasteiger partial charge in [0.05, 0.1) is 0 Å². The molecule has 2 aromatic rings. The highest BCUT2D eigenvalue weighted by molar-refractivity contribution is 7.11. The van der Waals surface area contributed by atoms with Gasteiger partial charge in [0.25, 0.3) is 0 Å². The molecule has 3 heteroatoms. The lowest BCUT2D eigenvalue weighted by Gasteiger charge is -2.14. The van der Waals surface area contributed by atoms with Gasteiger partial charge < -0.3 is 5.32 Å². The highest BCUT2D eigenvalue weighted by Gasteiger charge is 2.13. The van der Waals surface area contributed by atoms with E-state index >= 15 is 0 Å². The maximum absolute atomic E-state index is 4.73. The van der Waals surface area contributed by atoms with Crippen LogP contribution in [0.2, 0.25) is 0 Å². The van der Waals surface area contributed by atoms with Crippen molar-refractivity contribution in [1.82, 2.24) is 4.98 Å². The average Bonchev–Trinajstić information content (AvgIpc) is 2.97. The molecule has 19 heavy (non-hydrogen) atoms. The van der Waals surface area contributed by atoms with E-state index in [1.165, 1.54) is 33.9 Å². The first-order valence-corrected chi connectivity index (χ1v) is 7.83. The fraction of sp³-hybridized carbons (Fsp3) is 0.438. The van der Waals surface area contributed by atoms with E-state index in [0.717, 1.165) is 18.7 Å². The summed E-state index contributed by atoms with van der Waals surface area (Å²) in [6.45, 7) is 4.39. The number of hydrogen-bond donors (Lipinski definition) is 1. The lowest BCUT2D eigenvalue weighted by Crippen LogP contribution is -2.18. The molecule has 1 atom stereocenters. The zero-order valence-corrected chi connectivity index (χ0v) is 12.4. The Kier molecular flexibility index (Phi) is 3.56. The third-order valence-corrected chi connectivity index (χ3v) is 4.65. The Bertz CT molecular complexity index is 574. The second-order valence-corrected chi connectivity index (χ2v) is 6.79. The Balaban J connectivity index is 1.64. The molecule has 100 valence electrons. The van der Waals surface area contributed by atoms with Gasteiger partial charge in [0, 0.05) is 27.9 Å². The Hall–Kier alpha value is -1.35. The summed E-state index contributed by atoms with van der Waals surface area (Å²) in [4.78, 5) is 7.56. The molecule has 2 heterocycles. The fourth-order valence-electron chi connectivity index (χ4n) is 2.70. The predicted octanol–water partition coefficient (Wildman–Crippen LogP) is 3.98. The van der Waals surface area contributed by atoms with Crippen LogP contribution in [-0.2, 0) is 19.3 Å². The maximum atomic E-state index is 4.73. The van der Waals surface area contributed by atoms with Gasteiger partial charge in [-0.3, -0.25) is 0 Å². The van der Waals surface area contributed by atoms with Crippen LogP contribution in [0.5, 0.6) is 0 Å². The Morgan fingerprint density at radius 2 is 2.16 bits per heavy atom. The highest BCUT2D eigenvalue weighted by atomic mass is 32.1. The molecule has 1 N–H and O–H groups in total. The number of hydrogen-bond acceptors (Lipinski definition) is 3. The molecular weight excluding hydrogens is 252 g/mol. The predicted molar refractivity (Wildman–Crippen MR) is 82.1 cm³/mol. The minimum atomic E-state index is 0.421. The largest absolute Gasteiger partial charge is 0.367 e. The van der Waals surface area contributed by atoms with Crippen molar-refractivity contribution in [3.05, 3.63) is 45.3 Å². The minimum absolute atomic E-state index is 0.421. The van der Waals surface area contributed by atoms with E-state index in [-0.39, 0.29) is 0 Å². The second-order valence-electron chi connectivity index (χ2n) is 5.42. The molecule has 2 aromatic heterocycles. The molecule has 0 aliphatic heterocycles.